The van der Waals surface area contributed by atoms with E-state index < -0.39 is 0 Å². The van der Waals surface area contributed by atoms with Gasteiger partial charge in [0.05, 0.1) is 6.61 Å². The standard InChI is InChI=1S/C13H26N2O/c1-2-9-15(11-12-16)10-3-4-13-5-7-14-8-6-13/h2,13-14,16H,1,3-12H2. The van der Waals surface area contributed by atoms with Crippen LogP contribution in [0.15, 0.2) is 12.7 Å². The highest BCUT2D eigenvalue weighted by Crippen LogP contribution is 2.17. The van der Waals surface area contributed by atoms with Gasteiger partial charge >= 0.3 is 0 Å². The number of hydrogen-bond donors (Lipinski definition) is 2. The lowest BCUT2D eigenvalue weighted by molar-refractivity contribution is 0.201. The third-order valence-electron chi connectivity index (χ3n) is 3.35. The molecular weight excluding hydrogens is 200 g/mol. The molecule has 1 heterocycles. The number of hydrogen-bond acceptors (Lipinski definition) is 3. The van der Waals surface area contributed by atoms with Crippen molar-refractivity contribution in [2.75, 3.05) is 39.3 Å². The minimum absolute atomic E-state index is 0.251. The van der Waals surface area contributed by atoms with Gasteiger partial charge in [0, 0.05) is 13.1 Å². The first-order chi connectivity index (χ1) is 7.86. The van der Waals surface area contributed by atoms with Crippen molar-refractivity contribution >= 4 is 0 Å². The van der Waals surface area contributed by atoms with Crippen LogP contribution in [0.5, 0.6) is 0 Å². The lowest BCUT2D eigenvalue weighted by Crippen LogP contribution is -2.30. The molecule has 3 nitrogen and oxygen atoms in total. The van der Waals surface area contributed by atoms with E-state index in [1.807, 2.05) is 6.08 Å². The first-order valence-corrected chi connectivity index (χ1v) is 6.51. The minimum atomic E-state index is 0.251. The van der Waals surface area contributed by atoms with Crippen LogP contribution in [0.3, 0.4) is 0 Å². The van der Waals surface area contributed by atoms with Crippen molar-refractivity contribution in [2.45, 2.75) is 25.7 Å². The summed E-state index contributed by atoms with van der Waals surface area (Å²) in [6.45, 7) is 9.15. The van der Waals surface area contributed by atoms with Gasteiger partial charge in [-0.15, -0.1) is 6.58 Å². The average Bonchev–Trinajstić information content (AvgIpc) is 2.31. The molecule has 0 spiro atoms. The van der Waals surface area contributed by atoms with Gasteiger partial charge in [0.15, 0.2) is 0 Å². The average molecular weight is 226 g/mol. The summed E-state index contributed by atoms with van der Waals surface area (Å²) in [6, 6.07) is 0. The summed E-state index contributed by atoms with van der Waals surface area (Å²) in [4.78, 5) is 2.27. The number of aliphatic hydroxyl groups is 1. The zero-order valence-electron chi connectivity index (χ0n) is 10.3. The third kappa shape index (κ3) is 5.64. The molecule has 1 rings (SSSR count). The van der Waals surface area contributed by atoms with Crippen LogP contribution in [0, 0.1) is 5.92 Å². The van der Waals surface area contributed by atoms with Crippen molar-refractivity contribution in [2.24, 2.45) is 5.92 Å². The molecule has 0 atom stereocenters. The van der Waals surface area contributed by atoms with E-state index in [1.54, 1.807) is 0 Å². The molecule has 0 saturated carbocycles. The van der Waals surface area contributed by atoms with Gasteiger partial charge in [-0.2, -0.15) is 0 Å². The van der Waals surface area contributed by atoms with E-state index in [0.29, 0.717) is 0 Å². The molecule has 0 aromatic rings. The molecule has 0 aliphatic carbocycles. The number of nitrogens with one attached hydrogen (secondary N) is 1. The maximum atomic E-state index is 8.93. The fraction of sp³-hybridized carbons (Fsp3) is 0.846. The molecule has 0 amide bonds. The molecule has 0 aromatic heterocycles. The Bertz CT molecular complexity index is 179. The lowest BCUT2D eigenvalue weighted by atomic mass is 9.93. The molecule has 16 heavy (non-hydrogen) atoms. The molecule has 0 unspecified atom stereocenters. The predicted octanol–water partition coefficient (Wildman–Crippen LogP) is 1.25. The van der Waals surface area contributed by atoms with Crippen LogP contribution in [0.1, 0.15) is 25.7 Å². The maximum absolute atomic E-state index is 8.93. The molecule has 1 aliphatic heterocycles. The van der Waals surface area contributed by atoms with Crippen molar-refractivity contribution in [3.05, 3.63) is 12.7 Å². The van der Waals surface area contributed by atoms with Crippen LogP contribution in [-0.4, -0.2) is 49.3 Å². The van der Waals surface area contributed by atoms with Crippen LogP contribution in [0.4, 0.5) is 0 Å². The quantitative estimate of drug-likeness (QED) is 0.611. The molecule has 2 N–H and O–H groups in total. The Hall–Kier alpha value is -0.380. The molecule has 0 bridgehead atoms. The van der Waals surface area contributed by atoms with E-state index in [4.69, 9.17) is 5.11 Å². The first kappa shape index (κ1) is 13.7. The van der Waals surface area contributed by atoms with Crippen LogP contribution in [0.25, 0.3) is 0 Å². The highest BCUT2D eigenvalue weighted by molar-refractivity contribution is 4.74. The number of piperidine rings is 1. The predicted molar refractivity (Wildman–Crippen MR) is 68.6 cm³/mol. The Balaban J connectivity index is 2.08. The van der Waals surface area contributed by atoms with Gasteiger partial charge in [-0.05, 0) is 51.2 Å². The van der Waals surface area contributed by atoms with Gasteiger partial charge in [0.25, 0.3) is 0 Å². The minimum Gasteiger partial charge on any atom is -0.395 e. The van der Waals surface area contributed by atoms with Crippen molar-refractivity contribution in [3.63, 3.8) is 0 Å². The molecular formula is C13H26N2O. The smallest absolute Gasteiger partial charge is 0.0558 e. The van der Waals surface area contributed by atoms with Crippen molar-refractivity contribution in [1.82, 2.24) is 10.2 Å². The molecule has 1 fully saturated rings. The lowest BCUT2D eigenvalue weighted by Gasteiger charge is -2.24. The second-order valence-corrected chi connectivity index (χ2v) is 4.65. The van der Waals surface area contributed by atoms with Gasteiger partial charge < -0.3 is 10.4 Å². The second kappa shape index (κ2) is 8.74. The van der Waals surface area contributed by atoms with Crippen LogP contribution >= 0.6 is 0 Å². The molecule has 0 radical (unpaired) electrons. The van der Waals surface area contributed by atoms with E-state index in [1.165, 1.54) is 38.8 Å². The summed E-state index contributed by atoms with van der Waals surface area (Å²) in [5, 5.41) is 12.3. The Morgan fingerprint density at radius 3 is 2.69 bits per heavy atom. The zero-order valence-corrected chi connectivity index (χ0v) is 10.3. The van der Waals surface area contributed by atoms with Crippen molar-refractivity contribution in [1.29, 1.82) is 0 Å². The summed E-state index contributed by atoms with van der Waals surface area (Å²) in [5.74, 6) is 0.918. The molecule has 1 aliphatic rings. The van der Waals surface area contributed by atoms with Gasteiger partial charge in [0.2, 0.25) is 0 Å². The van der Waals surface area contributed by atoms with Gasteiger partial charge in [-0.1, -0.05) is 6.08 Å². The third-order valence-corrected chi connectivity index (χ3v) is 3.35. The molecule has 3 heteroatoms. The Morgan fingerprint density at radius 2 is 2.06 bits per heavy atom. The Kier molecular flexibility index (Phi) is 7.47. The van der Waals surface area contributed by atoms with Gasteiger partial charge in [-0.25, -0.2) is 0 Å². The monoisotopic (exact) mass is 226 g/mol. The first-order valence-electron chi connectivity index (χ1n) is 6.51. The van der Waals surface area contributed by atoms with E-state index in [2.05, 4.69) is 16.8 Å². The number of rotatable bonds is 8. The fourth-order valence-electron chi connectivity index (χ4n) is 2.39. The molecule has 1 saturated heterocycles. The van der Waals surface area contributed by atoms with Crippen molar-refractivity contribution < 1.29 is 5.11 Å². The van der Waals surface area contributed by atoms with Crippen molar-refractivity contribution in [3.8, 4) is 0 Å². The summed E-state index contributed by atoms with van der Waals surface area (Å²) >= 11 is 0. The van der Waals surface area contributed by atoms with E-state index in [9.17, 15) is 0 Å². The summed E-state index contributed by atoms with van der Waals surface area (Å²) in [6.07, 6.45) is 7.17. The van der Waals surface area contributed by atoms with Crippen LogP contribution < -0.4 is 5.32 Å². The fourth-order valence-corrected chi connectivity index (χ4v) is 2.39. The SMILES string of the molecule is C=CCN(CCO)CCCC1CCNCC1. The topological polar surface area (TPSA) is 35.5 Å². The van der Waals surface area contributed by atoms with E-state index in [0.717, 1.165) is 25.6 Å². The van der Waals surface area contributed by atoms with Crippen LogP contribution in [-0.2, 0) is 0 Å². The summed E-state index contributed by atoms with van der Waals surface area (Å²) in [5.41, 5.74) is 0. The maximum Gasteiger partial charge on any atom is 0.0558 e. The Labute approximate surface area is 99.5 Å². The second-order valence-electron chi connectivity index (χ2n) is 4.65. The largest absolute Gasteiger partial charge is 0.395 e. The Morgan fingerprint density at radius 1 is 1.31 bits per heavy atom. The van der Waals surface area contributed by atoms with Gasteiger partial charge in [-0.3, -0.25) is 4.90 Å². The van der Waals surface area contributed by atoms with Crippen LogP contribution in [0.2, 0.25) is 0 Å². The molecule has 0 aromatic carbocycles. The highest BCUT2D eigenvalue weighted by atomic mass is 16.3. The normalized spacial score (nSPS) is 17.9. The summed E-state index contributed by atoms with van der Waals surface area (Å²) in [7, 11) is 0. The number of nitrogens with zero attached hydrogens (tertiary/aromatic N) is 1. The van der Waals surface area contributed by atoms with Gasteiger partial charge in [0.1, 0.15) is 0 Å². The summed E-state index contributed by atoms with van der Waals surface area (Å²) < 4.78 is 0. The highest BCUT2D eigenvalue weighted by Gasteiger charge is 2.12. The molecule has 94 valence electrons. The zero-order chi connectivity index (χ0) is 11.6. The van der Waals surface area contributed by atoms with E-state index >= 15 is 0 Å². The number of aliphatic hydroxyl groups excluding tert-OH is 1. The van der Waals surface area contributed by atoms with E-state index in [-0.39, 0.29) is 6.61 Å².